The van der Waals surface area contributed by atoms with Crippen LogP contribution in [0.5, 0.6) is 5.75 Å². The topological polar surface area (TPSA) is 74.3 Å². The van der Waals surface area contributed by atoms with E-state index in [1.54, 1.807) is 7.05 Å². The van der Waals surface area contributed by atoms with E-state index in [-0.39, 0.29) is 0 Å². The maximum absolute atomic E-state index is 5.74. The molecule has 0 bridgehead atoms. The van der Waals surface area contributed by atoms with Crippen molar-refractivity contribution in [3.63, 3.8) is 0 Å². The van der Waals surface area contributed by atoms with Crippen molar-refractivity contribution >= 4 is 5.96 Å². The molecule has 28 heavy (non-hydrogen) atoms. The molecule has 0 amide bonds. The van der Waals surface area contributed by atoms with E-state index in [1.165, 1.54) is 5.56 Å². The number of imidazole rings is 1. The number of aryl methyl sites for hydroxylation is 1. The van der Waals surface area contributed by atoms with E-state index in [9.17, 15) is 0 Å². The molecule has 3 N–H and O–H groups in total. The van der Waals surface area contributed by atoms with Gasteiger partial charge in [0.2, 0.25) is 0 Å². The van der Waals surface area contributed by atoms with Crippen LogP contribution in [0.3, 0.4) is 0 Å². The molecule has 146 valence electrons. The summed E-state index contributed by atoms with van der Waals surface area (Å²) in [6.07, 6.45) is 1.85. The minimum absolute atomic E-state index is 0.554. The summed E-state index contributed by atoms with van der Waals surface area (Å²) in [5.74, 6) is 2.47. The second-order valence-corrected chi connectivity index (χ2v) is 6.43. The van der Waals surface area contributed by atoms with Gasteiger partial charge in [-0.1, -0.05) is 42.5 Å². The zero-order chi connectivity index (χ0) is 19.8. The minimum Gasteiger partial charge on any atom is -0.494 e. The molecule has 0 aliphatic heterocycles. The molecule has 1 heterocycles. The number of nitrogens with zero attached hydrogens (tertiary/aromatic N) is 2. The Morgan fingerprint density at radius 2 is 1.89 bits per heavy atom. The maximum atomic E-state index is 5.74. The summed E-state index contributed by atoms with van der Waals surface area (Å²) in [5, 5.41) is 6.62. The molecule has 0 aliphatic rings. The van der Waals surface area contributed by atoms with Gasteiger partial charge in [-0.25, -0.2) is 4.98 Å². The average Bonchev–Trinajstić information content (AvgIpc) is 3.19. The third-order valence-electron chi connectivity index (χ3n) is 4.33. The highest BCUT2D eigenvalue weighted by molar-refractivity contribution is 5.79. The largest absolute Gasteiger partial charge is 0.494 e. The normalized spacial score (nSPS) is 11.3. The van der Waals surface area contributed by atoms with Crippen LogP contribution in [0, 0.1) is 6.92 Å². The molecule has 1 aromatic heterocycles. The Morgan fingerprint density at radius 1 is 1.11 bits per heavy atom. The molecule has 0 atom stereocenters. The first-order chi connectivity index (χ1) is 13.7. The van der Waals surface area contributed by atoms with Gasteiger partial charge in [-0.15, -0.1) is 0 Å². The quantitative estimate of drug-likeness (QED) is 0.434. The van der Waals surface area contributed by atoms with Crippen LogP contribution in [0.4, 0.5) is 0 Å². The Bertz CT molecular complexity index is 918. The molecule has 6 heteroatoms. The van der Waals surface area contributed by atoms with Crippen LogP contribution in [0.15, 0.2) is 59.7 Å². The van der Waals surface area contributed by atoms with E-state index in [0.717, 1.165) is 28.4 Å². The lowest BCUT2D eigenvalue weighted by Gasteiger charge is -2.14. The summed E-state index contributed by atoms with van der Waals surface area (Å²) in [4.78, 5) is 12.1. The lowest BCUT2D eigenvalue weighted by Crippen LogP contribution is -2.36. The highest BCUT2D eigenvalue weighted by Crippen LogP contribution is 2.20. The van der Waals surface area contributed by atoms with Gasteiger partial charge in [0, 0.05) is 19.2 Å². The SMILES string of the molecule is CCOc1cc(C)ccc1CNC(=NC)NCc1ncc(-c2ccccc2)[nH]1. The Kier molecular flexibility index (Phi) is 6.68. The summed E-state index contributed by atoms with van der Waals surface area (Å²) in [5.41, 5.74) is 4.40. The van der Waals surface area contributed by atoms with Gasteiger partial charge in [0.25, 0.3) is 0 Å². The molecule has 0 saturated heterocycles. The fraction of sp³-hybridized carbons (Fsp3) is 0.273. The van der Waals surface area contributed by atoms with Crippen molar-refractivity contribution in [2.45, 2.75) is 26.9 Å². The number of ether oxygens (including phenoxy) is 1. The van der Waals surface area contributed by atoms with Crippen molar-refractivity contribution in [1.29, 1.82) is 0 Å². The molecule has 3 rings (SSSR count). The number of H-pyrrole nitrogens is 1. The first kappa shape index (κ1) is 19.5. The predicted molar refractivity (Wildman–Crippen MR) is 113 cm³/mol. The van der Waals surface area contributed by atoms with Gasteiger partial charge in [-0.3, -0.25) is 4.99 Å². The van der Waals surface area contributed by atoms with Gasteiger partial charge in [-0.2, -0.15) is 0 Å². The molecule has 6 nitrogen and oxygen atoms in total. The second kappa shape index (κ2) is 9.60. The number of hydrogen-bond acceptors (Lipinski definition) is 3. The molecule has 0 fully saturated rings. The van der Waals surface area contributed by atoms with Crippen molar-refractivity contribution in [3.8, 4) is 17.0 Å². The Morgan fingerprint density at radius 3 is 2.64 bits per heavy atom. The van der Waals surface area contributed by atoms with E-state index in [0.29, 0.717) is 25.7 Å². The second-order valence-electron chi connectivity index (χ2n) is 6.43. The van der Waals surface area contributed by atoms with Crippen LogP contribution in [0.25, 0.3) is 11.3 Å². The Balaban J connectivity index is 1.57. The summed E-state index contributed by atoms with van der Waals surface area (Å²) in [6, 6.07) is 16.4. The summed E-state index contributed by atoms with van der Waals surface area (Å²) in [7, 11) is 1.76. The van der Waals surface area contributed by atoms with Crippen molar-refractivity contribution in [3.05, 3.63) is 71.7 Å². The van der Waals surface area contributed by atoms with Gasteiger partial charge in [0.15, 0.2) is 5.96 Å². The lowest BCUT2D eigenvalue weighted by atomic mass is 10.1. The van der Waals surface area contributed by atoms with E-state index in [4.69, 9.17) is 4.74 Å². The standard InChI is InChI=1S/C22H27N5O/c1-4-28-20-12-16(2)10-11-18(20)13-25-22(23-3)26-15-21-24-14-19(27-21)17-8-6-5-7-9-17/h5-12,14H,4,13,15H2,1-3H3,(H,24,27)(H2,23,25,26). The number of aliphatic imine (C=N–C) groups is 1. The zero-order valence-corrected chi connectivity index (χ0v) is 16.6. The lowest BCUT2D eigenvalue weighted by molar-refractivity contribution is 0.336. The maximum Gasteiger partial charge on any atom is 0.191 e. The molecular weight excluding hydrogens is 350 g/mol. The summed E-state index contributed by atoms with van der Waals surface area (Å²) in [6.45, 7) is 5.88. The Hall–Kier alpha value is -3.28. The fourth-order valence-corrected chi connectivity index (χ4v) is 2.88. The summed E-state index contributed by atoms with van der Waals surface area (Å²) < 4.78 is 5.74. The summed E-state index contributed by atoms with van der Waals surface area (Å²) >= 11 is 0. The number of nitrogens with one attached hydrogen (secondary N) is 3. The number of benzene rings is 2. The molecule has 0 radical (unpaired) electrons. The van der Waals surface area contributed by atoms with Gasteiger partial charge >= 0.3 is 0 Å². The van der Waals surface area contributed by atoms with Crippen molar-refractivity contribution < 1.29 is 4.74 Å². The Labute approximate surface area is 166 Å². The van der Waals surface area contributed by atoms with E-state index in [1.807, 2.05) is 31.3 Å². The van der Waals surface area contributed by atoms with Crippen molar-refractivity contribution in [2.75, 3.05) is 13.7 Å². The van der Waals surface area contributed by atoms with Crippen LogP contribution < -0.4 is 15.4 Å². The molecule has 0 unspecified atom stereocenters. The van der Waals surface area contributed by atoms with Gasteiger partial charge in [0.05, 0.1) is 25.0 Å². The van der Waals surface area contributed by atoms with Crippen LogP contribution in [-0.2, 0) is 13.1 Å². The number of hydrogen-bond donors (Lipinski definition) is 3. The first-order valence-corrected chi connectivity index (χ1v) is 9.45. The molecular formula is C22H27N5O. The fourth-order valence-electron chi connectivity index (χ4n) is 2.88. The smallest absolute Gasteiger partial charge is 0.191 e. The van der Waals surface area contributed by atoms with E-state index >= 15 is 0 Å². The van der Waals surface area contributed by atoms with Gasteiger partial charge in [0.1, 0.15) is 11.6 Å². The predicted octanol–water partition coefficient (Wildman–Crippen LogP) is 3.65. The zero-order valence-electron chi connectivity index (χ0n) is 16.6. The molecule has 0 saturated carbocycles. The highest BCUT2D eigenvalue weighted by Gasteiger charge is 2.07. The number of guanidine groups is 1. The van der Waals surface area contributed by atoms with Crippen molar-refractivity contribution in [1.82, 2.24) is 20.6 Å². The average molecular weight is 377 g/mol. The number of aromatic amines is 1. The van der Waals surface area contributed by atoms with Crippen LogP contribution in [-0.4, -0.2) is 29.6 Å². The van der Waals surface area contributed by atoms with Gasteiger partial charge in [-0.05, 0) is 31.0 Å². The molecule has 0 spiro atoms. The minimum atomic E-state index is 0.554. The third kappa shape index (κ3) is 5.13. The third-order valence-corrected chi connectivity index (χ3v) is 4.33. The van der Waals surface area contributed by atoms with Crippen LogP contribution >= 0.6 is 0 Å². The molecule has 2 aromatic carbocycles. The van der Waals surface area contributed by atoms with E-state index < -0.39 is 0 Å². The number of rotatable bonds is 7. The van der Waals surface area contributed by atoms with E-state index in [2.05, 4.69) is 62.8 Å². The van der Waals surface area contributed by atoms with Crippen LogP contribution in [0.1, 0.15) is 23.9 Å². The monoisotopic (exact) mass is 377 g/mol. The molecule has 3 aromatic rings. The van der Waals surface area contributed by atoms with Crippen molar-refractivity contribution in [2.24, 2.45) is 4.99 Å². The van der Waals surface area contributed by atoms with Gasteiger partial charge < -0.3 is 20.4 Å². The first-order valence-electron chi connectivity index (χ1n) is 9.45. The van der Waals surface area contributed by atoms with Crippen LogP contribution in [0.2, 0.25) is 0 Å². The molecule has 0 aliphatic carbocycles. The number of aromatic nitrogens is 2. The highest BCUT2D eigenvalue weighted by atomic mass is 16.5.